The average molecular weight is 375 g/mol. The summed E-state index contributed by atoms with van der Waals surface area (Å²) >= 11 is 0. The zero-order valence-corrected chi connectivity index (χ0v) is 16.6. The van der Waals surface area contributed by atoms with Crippen LogP contribution in [0.2, 0.25) is 0 Å². The maximum atomic E-state index is 12.6. The second-order valence-corrected chi connectivity index (χ2v) is 8.14. The third-order valence-corrected chi connectivity index (χ3v) is 6.01. The van der Waals surface area contributed by atoms with Gasteiger partial charge in [-0.05, 0) is 49.9 Å². The van der Waals surface area contributed by atoms with Gasteiger partial charge >= 0.3 is 5.97 Å². The molecule has 0 aromatic carbocycles. The predicted octanol–water partition coefficient (Wildman–Crippen LogP) is 5.12. The third kappa shape index (κ3) is 6.75. The Morgan fingerprint density at radius 2 is 1.81 bits per heavy atom. The summed E-state index contributed by atoms with van der Waals surface area (Å²) in [5, 5.41) is 8.67. The molecule has 4 heteroatoms. The van der Waals surface area contributed by atoms with Crippen LogP contribution in [-0.4, -0.2) is 22.6 Å². The van der Waals surface area contributed by atoms with Crippen LogP contribution in [0.5, 0.6) is 0 Å². The van der Waals surface area contributed by atoms with Crippen LogP contribution in [0.25, 0.3) is 0 Å². The van der Waals surface area contributed by atoms with Crippen LogP contribution in [0, 0.1) is 23.7 Å². The number of hydrogen-bond acceptors (Lipinski definition) is 3. The average Bonchev–Trinajstić information content (AvgIpc) is 2.92. The first-order chi connectivity index (χ1) is 13.0. The highest BCUT2D eigenvalue weighted by molar-refractivity contribution is 5.88. The van der Waals surface area contributed by atoms with Crippen molar-refractivity contribution < 1.29 is 19.5 Å². The zero-order valence-electron chi connectivity index (χ0n) is 16.6. The van der Waals surface area contributed by atoms with E-state index >= 15 is 0 Å². The van der Waals surface area contributed by atoms with Crippen LogP contribution in [-0.2, 0) is 14.4 Å². The molecule has 2 fully saturated rings. The number of fused-ring (bicyclic) bond motifs is 1. The number of unbranched alkanes of at least 4 members (excludes halogenated alkanes) is 4. The van der Waals surface area contributed by atoms with Gasteiger partial charge in [0.15, 0.2) is 0 Å². The molecule has 1 unspecified atom stereocenters. The van der Waals surface area contributed by atoms with Crippen molar-refractivity contribution in [1.29, 1.82) is 0 Å². The van der Waals surface area contributed by atoms with Crippen molar-refractivity contribution in [2.24, 2.45) is 23.7 Å². The Bertz CT molecular complexity index is 575. The van der Waals surface area contributed by atoms with Gasteiger partial charge in [-0.25, -0.2) is 0 Å². The van der Waals surface area contributed by atoms with Gasteiger partial charge in [0.05, 0.1) is 0 Å². The number of allylic oxidation sites excluding steroid dienone is 4. The molecule has 2 aliphatic carbocycles. The molecule has 4 nitrogen and oxygen atoms in total. The molecule has 0 aromatic heterocycles. The molecule has 0 aliphatic heterocycles. The Kier molecular flexibility index (Phi) is 8.96. The topological polar surface area (TPSA) is 71.4 Å². The molecule has 1 N–H and O–H groups in total. The lowest BCUT2D eigenvalue weighted by Gasteiger charge is -2.34. The lowest BCUT2D eigenvalue weighted by Crippen LogP contribution is -2.32. The second kappa shape index (κ2) is 11.2. The van der Waals surface area contributed by atoms with Crippen LogP contribution < -0.4 is 0 Å². The smallest absolute Gasteiger partial charge is 0.303 e. The van der Waals surface area contributed by atoms with E-state index < -0.39 is 5.97 Å². The molecule has 0 aromatic rings. The highest BCUT2D eigenvalue weighted by Crippen LogP contribution is 2.48. The van der Waals surface area contributed by atoms with Gasteiger partial charge < -0.3 is 5.11 Å². The monoisotopic (exact) mass is 374 g/mol. The number of carboxylic acids is 1. The molecular weight excluding hydrogens is 340 g/mol. The van der Waals surface area contributed by atoms with E-state index in [4.69, 9.17) is 5.11 Å². The van der Waals surface area contributed by atoms with E-state index in [0.717, 1.165) is 19.3 Å². The van der Waals surface area contributed by atoms with Gasteiger partial charge in [-0.1, -0.05) is 44.1 Å². The fourth-order valence-electron chi connectivity index (χ4n) is 4.72. The van der Waals surface area contributed by atoms with Gasteiger partial charge in [0.25, 0.3) is 0 Å². The summed E-state index contributed by atoms with van der Waals surface area (Å²) in [4.78, 5) is 35.3. The number of carbonyl (C=O) groups is 3. The van der Waals surface area contributed by atoms with Crippen molar-refractivity contribution in [3.8, 4) is 0 Å². The number of ketones is 2. The largest absolute Gasteiger partial charge is 0.481 e. The molecule has 0 spiro atoms. The molecule has 2 rings (SSSR count). The fraction of sp³-hybridized carbons (Fsp3) is 0.696. The number of Topliss-reactive ketones (excluding diaryl/α,β-unsaturated/α-hetero) is 2. The van der Waals surface area contributed by atoms with Gasteiger partial charge in [0.1, 0.15) is 11.6 Å². The zero-order chi connectivity index (χ0) is 19.6. The lowest BCUT2D eigenvalue weighted by molar-refractivity contribution is -0.137. The van der Waals surface area contributed by atoms with E-state index in [-0.39, 0.29) is 24.2 Å². The predicted molar refractivity (Wildman–Crippen MR) is 106 cm³/mol. The van der Waals surface area contributed by atoms with E-state index in [1.807, 2.05) is 12.2 Å². The number of hydrogen-bond donors (Lipinski definition) is 1. The number of aliphatic carboxylic acids is 1. The van der Waals surface area contributed by atoms with Crippen molar-refractivity contribution in [3.63, 3.8) is 0 Å². The summed E-state index contributed by atoms with van der Waals surface area (Å²) in [6.07, 6.45) is 17.1. The summed E-state index contributed by atoms with van der Waals surface area (Å²) in [7, 11) is 0. The SMILES string of the molecule is CCCCC/C=C/[C@@H]1CC(=O)C[C@@H]2CC(=O)[C@H](C/C=C\CCCC(=O)O)C21. The van der Waals surface area contributed by atoms with Crippen molar-refractivity contribution >= 4 is 17.5 Å². The van der Waals surface area contributed by atoms with Crippen molar-refractivity contribution in [2.75, 3.05) is 0 Å². The summed E-state index contributed by atoms with van der Waals surface area (Å²) in [5.41, 5.74) is 0. The van der Waals surface area contributed by atoms with Gasteiger partial charge in [-0.15, -0.1) is 0 Å². The van der Waals surface area contributed by atoms with Crippen LogP contribution in [0.15, 0.2) is 24.3 Å². The first-order valence-corrected chi connectivity index (χ1v) is 10.6. The lowest BCUT2D eigenvalue weighted by atomic mass is 9.69. The van der Waals surface area contributed by atoms with E-state index in [9.17, 15) is 14.4 Å². The molecule has 2 aliphatic rings. The van der Waals surface area contributed by atoms with Gasteiger partial charge in [0.2, 0.25) is 0 Å². The van der Waals surface area contributed by atoms with E-state index in [0.29, 0.717) is 43.2 Å². The quantitative estimate of drug-likeness (QED) is 0.402. The standard InChI is InChI=1S/C23H34O4/c1-2-3-4-5-8-11-17-14-19(24)15-18-16-21(25)20(23(17)18)12-9-6-7-10-13-22(26)27/h6,8-9,11,17-18,20,23H,2-5,7,10,12-16H2,1H3,(H,26,27)/b9-6-,11-8+/t17-,18-,20+,23?/m1/s1. The summed E-state index contributed by atoms with van der Waals surface area (Å²) in [6, 6.07) is 0. The maximum absolute atomic E-state index is 12.6. The summed E-state index contributed by atoms with van der Waals surface area (Å²) in [5.74, 6) is 0.573. The van der Waals surface area contributed by atoms with Crippen molar-refractivity contribution in [3.05, 3.63) is 24.3 Å². The Morgan fingerprint density at radius 1 is 1.04 bits per heavy atom. The molecule has 0 bridgehead atoms. The number of carbonyl (C=O) groups excluding carboxylic acids is 2. The molecule has 0 heterocycles. The normalized spacial score (nSPS) is 28.3. The van der Waals surface area contributed by atoms with Crippen LogP contribution in [0.1, 0.15) is 77.6 Å². The van der Waals surface area contributed by atoms with Crippen molar-refractivity contribution in [1.82, 2.24) is 0 Å². The second-order valence-electron chi connectivity index (χ2n) is 8.14. The minimum Gasteiger partial charge on any atom is -0.481 e. The van der Waals surface area contributed by atoms with E-state index in [2.05, 4.69) is 19.1 Å². The number of rotatable bonds is 11. The van der Waals surface area contributed by atoms with E-state index in [1.165, 1.54) is 19.3 Å². The molecule has 0 saturated heterocycles. The summed E-state index contributed by atoms with van der Waals surface area (Å²) in [6.45, 7) is 2.19. The van der Waals surface area contributed by atoms with Crippen molar-refractivity contribution in [2.45, 2.75) is 77.6 Å². The Balaban J connectivity index is 1.93. The van der Waals surface area contributed by atoms with Gasteiger partial charge in [-0.2, -0.15) is 0 Å². The maximum Gasteiger partial charge on any atom is 0.303 e. The molecule has 4 atom stereocenters. The Labute approximate surface area is 163 Å². The first kappa shape index (κ1) is 21.6. The van der Waals surface area contributed by atoms with Crippen LogP contribution in [0.3, 0.4) is 0 Å². The molecule has 0 radical (unpaired) electrons. The van der Waals surface area contributed by atoms with Gasteiger partial charge in [0, 0.05) is 31.6 Å². The molecule has 0 amide bonds. The fourth-order valence-corrected chi connectivity index (χ4v) is 4.72. The van der Waals surface area contributed by atoms with Gasteiger partial charge in [-0.3, -0.25) is 14.4 Å². The number of carboxylic acid groups (broad SMARTS) is 1. The molecule has 2 saturated carbocycles. The highest BCUT2D eigenvalue weighted by Gasteiger charge is 2.48. The third-order valence-electron chi connectivity index (χ3n) is 6.01. The van der Waals surface area contributed by atoms with Crippen LogP contribution >= 0.6 is 0 Å². The first-order valence-electron chi connectivity index (χ1n) is 10.6. The summed E-state index contributed by atoms with van der Waals surface area (Å²) < 4.78 is 0. The molecule has 27 heavy (non-hydrogen) atoms. The molecular formula is C23H34O4. The minimum atomic E-state index is -0.766. The van der Waals surface area contributed by atoms with Crippen LogP contribution in [0.4, 0.5) is 0 Å². The Hall–Kier alpha value is -1.71. The molecule has 150 valence electrons. The van der Waals surface area contributed by atoms with E-state index in [1.54, 1.807) is 0 Å². The Morgan fingerprint density at radius 3 is 2.56 bits per heavy atom. The highest BCUT2D eigenvalue weighted by atomic mass is 16.4. The minimum absolute atomic E-state index is 0.0177.